The molecule has 4 rings (SSSR count). The fraction of sp³-hybridized carbons (Fsp3) is 0.478. The normalized spacial score (nSPS) is 20.7. The summed E-state index contributed by atoms with van der Waals surface area (Å²) in [6.07, 6.45) is 4.31. The minimum Gasteiger partial charge on any atom is -0.455 e. The first kappa shape index (κ1) is 22.1. The Morgan fingerprint density at radius 1 is 1.00 bits per heavy atom. The van der Waals surface area contributed by atoms with Crippen molar-refractivity contribution in [2.75, 3.05) is 23.9 Å². The zero-order valence-corrected chi connectivity index (χ0v) is 19.0. The molecule has 1 heterocycles. The summed E-state index contributed by atoms with van der Waals surface area (Å²) < 4.78 is 29.1. The number of sulfone groups is 1. The van der Waals surface area contributed by atoms with Gasteiger partial charge in [-0.15, -0.1) is 11.8 Å². The maximum absolute atomic E-state index is 12.9. The van der Waals surface area contributed by atoms with Crippen LogP contribution < -0.4 is 0 Å². The molecule has 0 aromatic heterocycles. The predicted octanol–water partition coefficient (Wildman–Crippen LogP) is 3.43. The molecule has 2 fully saturated rings. The number of carbonyl (C=O) groups excluding carboxylic acids is 2. The highest BCUT2D eigenvalue weighted by Crippen LogP contribution is 2.29. The maximum atomic E-state index is 12.9. The minimum absolute atomic E-state index is 0.0149. The molecule has 2 aromatic carbocycles. The van der Waals surface area contributed by atoms with Crippen LogP contribution in [-0.2, 0) is 24.2 Å². The van der Waals surface area contributed by atoms with Gasteiger partial charge in [0.05, 0.1) is 17.3 Å². The van der Waals surface area contributed by atoms with E-state index >= 15 is 0 Å². The Bertz CT molecular complexity index is 1060. The summed E-state index contributed by atoms with van der Waals surface area (Å²) in [5, 5.41) is 2.25. The number of hydrogen-bond acceptors (Lipinski definition) is 6. The Hall–Kier alpha value is -2.06. The van der Waals surface area contributed by atoms with Gasteiger partial charge >= 0.3 is 5.97 Å². The Labute approximate surface area is 187 Å². The van der Waals surface area contributed by atoms with E-state index in [-0.39, 0.29) is 41.9 Å². The fourth-order valence-corrected chi connectivity index (χ4v) is 6.99. The molecule has 0 unspecified atom stereocenters. The van der Waals surface area contributed by atoms with Crippen molar-refractivity contribution in [1.82, 2.24) is 4.90 Å². The lowest BCUT2D eigenvalue weighted by atomic mass is 10.1. The molecule has 2 aliphatic rings. The van der Waals surface area contributed by atoms with Gasteiger partial charge < -0.3 is 9.64 Å². The van der Waals surface area contributed by atoms with E-state index in [1.54, 1.807) is 4.90 Å². The van der Waals surface area contributed by atoms with Crippen LogP contribution in [-0.4, -0.2) is 61.1 Å². The summed E-state index contributed by atoms with van der Waals surface area (Å²) in [5.74, 6) is -0.473. The molecule has 31 heavy (non-hydrogen) atoms. The number of nitrogens with zero attached hydrogens (tertiary/aromatic N) is 1. The second-order valence-electron chi connectivity index (χ2n) is 8.25. The third-order valence-electron chi connectivity index (χ3n) is 6.04. The zero-order chi connectivity index (χ0) is 21.8. The molecule has 166 valence electrons. The lowest BCUT2D eigenvalue weighted by molar-refractivity contribution is -0.152. The predicted molar refractivity (Wildman–Crippen MR) is 122 cm³/mol. The van der Waals surface area contributed by atoms with E-state index in [9.17, 15) is 18.0 Å². The minimum atomic E-state index is -3.09. The van der Waals surface area contributed by atoms with Gasteiger partial charge in [0.25, 0.3) is 5.91 Å². The van der Waals surface area contributed by atoms with Gasteiger partial charge in [0.15, 0.2) is 16.4 Å². The molecular formula is C23H27NO5S2. The van der Waals surface area contributed by atoms with Crippen molar-refractivity contribution in [2.45, 2.75) is 49.1 Å². The maximum Gasteiger partial charge on any atom is 0.316 e. The summed E-state index contributed by atoms with van der Waals surface area (Å²) in [5.41, 5.74) is 0. The van der Waals surface area contributed by atoms with Crippen molar-refractivity contribution in [3.63, 3.8) is 0 Å². The highest BCUT2D eigenvalue weighted by molar-refractivity contribution is 8.00. The van der Waals surface area contributed by atoms with Gasteiger partial charge in [-0.25, -0.2) is 8.42 Å². The van der Waals surface area contributed by atoms with Crippen molar-refractivity contribution in [3.8, 4) is 0 Å². The Balaban J connectivity index is 1.31. The van der Waals surface area contributed by atoms with Gasteiger partial charge in [0, 0.05) is 17.0 Å². The lowest BCUT2D eigenvalue weighted by Crippen LogP contribution is -2.48. The second-order valence-corrected chi connectivity index (χ2v) is 11.5. The summed E-state index contributed by atoms with van der Waals surface area (Å²) in [6, 6.07) is 13.8. The number of hydrogen-bond donors (Lipinski definition) is 0. The summed E-state index contributed by atoms with van der Waals surface area (Å²) in [7, 11) is -3.09. The van der Waals surface area contributed by atoms with Crippen molar-refractivity contribution >= 4 is 44.2 Å². The Kier molecular flexibility index (Phi) is 6.86. The zero-order valence-electron chi connectivity index (χ0n) is 17.4. The molecule has 1 amide bonds. The number of rotatable bonds is 7. The average molecular weight is 462 g/mol. The Morgan fingerprint density at radius 3 is 2.45 bits per heavy atom. The summed E-state index contributed by atoms with van der Waals surface area (Å²) in [6.45, 7) is -0.329. The van der Waals surface area contributed by atoms with Crippen molar-refractivity contribution in [3.05, 3.63) is 42.5 Å². The number of carbonyl (C=O) groups is 2. The smallest absolute Gasteiger partial charge is 0.316 e. The first-order chi connectivity index (χ1) is 14.9. The molecule has 6 nitrogen and oxygen atoms in total. The van der Waals surface area contributed by atoms with Crippen LogP contribution in [0, 0.1) is 0 Å². The SMILES string of the molecule is O=C(CSc1ccc2ccccc2c1)OCC(=O)N(C1CCCC1)[C@@H]1CCS(=O)(=O)C1. The monoisotopic (exact) mass is 461 g/mol. The molecule has 0 radical (unpaired) electrons. The summed E-state index contributed by atoms with van der Waals surface area (Å²) >= 11 is 1.38. The van der Waals surface area contributed by atoms with E-state index < -0.39 is 15.8 Å². The molecule has 2 aromatic rings. The van der Waals surface area contributed by atoms with E-state index in [4.69, 9.17) is 4.74 Å². The number of fused-ring (bicyclic) bond motifs is 1. The molecule has 1 aliphatic heterocycles. The molecule has 1 aliphatic carbocycles. The van der Waals surface area contributed by atoms with Crippen molar-refractivity contribution in [1.29, 1.82) is 0 Å². The molecule has 0 spiro atoms. The summed E-state index contributed by atoms with van der Waals surface area (Å²) in [4.78, 5) is 27.8. The van der Waals surface area contributed by atoms with Crippen molar-refractivity contribution in [2.24, 2.45) is 0 Å². The lowest BCUT2D eigenvalue weighted by Gasteiger charge is -2.33. The topological polar surface area (TPSA) is 80.8 Å². The largest absolute Gasteiger partial charge is 0.455 e. The first-order valence-electron chi connectivity index (χ1n) is 10.7. The standard InChI is InChI=1S/C23H27NO5S2/c25-22(24(19-7-3-4-8-19)20-11-12-31(27,28)16-20)14-29-23(26)15-30-21-10-9-17-5-1-2-6-18(17)13-21/h1-2,5-6,9-10,13,19-20H,3-4,7-8,11-12,14-16H2/t20-/m1/s1. The van der Waals surface area contributed by atoms with Gasteiger partial charge in [-0.1, -0.05) is 43.2 Å². The van der Waals surface area contributed by atoms with E-state index in [0.29, 0.717) is 6.42 Å². The van der Waals surface area contributed by atoms with Gasteiger partial charge in [0.1, 0.15) is 0 Å². The quantitative estimate of drug-likeness (QED) is 0.464. The second kappa shape index (κ2) is 9.61. The number of esters is 1. The number of benzene rings is 2. The fourth-order valence-electron chi connectivity index (χ4n) is 4.54. The van der Waals surface area contributed by atoms with Gasteiger partial charge in [0.2, 0.25) is 0 Å². The van der Waals surface area contributed by atoms with Gasteiger partial charge in [-0.3, -0.25) is 9.59 Å². The molecule has 0 N–H and O–H groups in total. The number of thioether (sulfide) groups is 1. The van der Waals surface area contributed by atoms with Gasteiger partial charge in [-0.05, 0) is 42.2 Å². The van der Waals surface area contributed by atoms with Crippen LogP contribution in [0.4, 0.5) is 0 Å². The van der Waals surface area contributed by atoms with Crippen molar-refractivity contribution < 1.29 is 22.7 Å². The van der Waals surface area contributed by atoms with Crippen LogP contribution in [0.5, 0.6) is 0 Å². The van der Waals surface area contributed by atoms with Crippen LogP contribution in [0.2, 0.25) is 0 Å². The van der Waals surface area contributed by atoms with E-state index in [2.05, 4.69) is 0 Å². The highest BCUT2D eigenvalue weighted by Gasteiger charge is 2.39. The third-order valence-corrected chi connectivity index (χ3v) is 8.76. The number of ether oxygens (including phenoxy) is 1. The molecular weight excluding hydrogens is 434 g/mol. The molecule has 8 heteroatoms. The van der Waals surface area contributed by atoms with Crippen LogP contribution in [0.1, 0.15) is 32.1 Å². The van der Waals surface area contributed by atoms with E-state index in [0.717, 1.165) is 41.4 Å². The molecule has 1 atom stereocenters. The van der Waals surface area contributed by atoms with Crippen LogP contribution in [0.25, 0.3) is 10.8 Å². The van der Waals surface area contributed by atoms with Gasteiger partial charge in [-0.2, -0.15) is 0 Å². The highest BCUT2D eigenvalue weighted by atomic mass is 32.2. The Morgan fingerprint density at radius 2 is 1.74 bits per heavy atom. The molecule has 1 saturated heterocycles. The first-order valence-corrected chi connectivity index (χ1v) is 13.5. The molecule has 1 saturated carbocycles. The molecule has 0 bridgehead atoms. The van der Waals surface area contributed by atoms with Crippen LogP contribution in [0.15, 0.2) is 47.4 Å². The van der Waals surface area contributed by atoms with Crippen LogP contribution >= 0.6 is 11.8 Å². The van der Waals surface area contributed by atoms with E-state index in [1.807, 2.05) is 42.5 Å². The number of amides is 1. The third kappa shape index (κ3) is 5.60. The van der Waals surface area contributed by atoms with Crippen LogP contribution in [0.3, 0.4) is 0 Å². The van der Waals surface area contributed by atoms with E-state index in [1.165, 1.54) is 11.8 Å². The average Bonchev–Trinajstić information content (AvgIpc) is 3.40.